The Morgan fingerprint density at radius 3 is 2.26 bits per heavy atom. The van der Waals surface area contributed by atoms with Crippen molar-refractivity contribution in [3.8, 4) is 0 Å². The summed E-state index contributed by atoms with van der Waals surface area (Å²) in [6.07, 6.45) is 6.44. The van der Waals surface area contributed by atoms with Gasteiger partial charge in [0.25, 0.3) is 0 Å². The molecule has 0 spiro atoms. The monoisotopic (exact) mass is 322 g/mol. The smallest absolute Gasteiger partial charge is 0.0622 e. The molecule has 23 heavy (non-hydrogen) atoms. The van der Waals surface area contributed by atoms with E-state index >= 15 is 0 Å². The van der Waals surface area contributed by atoms with E-state index < -0.39 is 0 Å². The summed E-state index contributed by atoms with van der Waals surface area (Å²) in [7, 11) is 0. The standard InChI is InChI=1S/C20H34O3/c1-11-8-15-17-14(5-7-20(15,3)18(11)23)19(2)6-4-13(21)9-12(19)10-16(17)22/h11-18,21-23H,4-10H2,1-3H3/t11-,12-,13+,14?,15?,16-,17?,18-,19-,20-/m0/s1. The van der Waals surface area contributed by atoms with Crippen LogP contribution in [0.2, 0.25) is 0 Å². The molecule has 0 heterocycles. The number of aliphatic hydroxyl groups excluding tert-OH is 3. The van der Waals surface area contributed by atoms with E-state index in [4.69, 9.17) is 0 Å². The Bertz CT molecular complexity index is 480. The van der Waals surface area contributed by atoms with Gasteiger partial charge in [0, 0.05) is 0 Å². The molecule has 4 aliphatic carbocycles. The lowest BCUT2D eigenvalue weighted by Crippen LogP contribution is -2.58. The highest BCUT2D eigenvalue weighted by Gasteiger charge is 2.63. The summed E-state index contributed by atoms with van der Waals surface area (Å²) in [6.45, 7) is 6.89. The molecule has 0 aromatic heterocycles. The van der Waals surface area contributed by atoms with Crippen LogP contribution in [0.1, 0.15) is 65.7 Å². The largest absolute Gasteiger partial charge is 0.393 e. The molecule has 4 aliphatic rings. The fourth-order valence-electron chi connectivity index (χ4n) is 7.54. The van der Waals surface area contributed by atoms with Gasteiger partial charge in [-0.3, -0.25) is 0 Å². The van der Waals surface area contributed by atoms with Gasteiger partial charge in [-0.05, 0) is 85.4 Å². The van der Waals surface area contributed by atoms with Gasteiger partial charge in [0.15, 0.2) is 0 Å². The van der Waals surface area contributed by atoms with Gasteiger partial charge in [-0.1, -0.05) is 20.8 Å². The third kappa shape index (κ3) is 2.12. The first kappa shape index (κ1) is 16.4. The van der Waals surface area contributed by atoms with Crippen LogP contribution in [0.3, 0.4) is 0 Å². The van der Waals surface area contributed by atoms with E-state index in [1.54, 1.807) is 0 Å². The summed E-state index contributed by atoms with van der Waals surface area (Å²) in [4.78, 5) is 0. The third-order valence-corrected chi connectivity index (χ3v) is 8.93. The van der Waals surface area contributed by atoms with Crippen molar-refractivity contribution in [3.05, 3.63) is 0 Å². The molecule has 0 aromatic rings. The van der Waals surface area contributed by atoms with Gasteiger partial charge < -0.3 is 15.3 Å². The fourth-order valence-corrected chi connectivity index (χ4v) is 7.54. The van der Waals surface area contributed by atoms with E-state index in [-0.39, 0.29) is 29.1 Å². The van der Waals surface area contributed by atoms with Crippen LogP contribution in [0.15, 0.2) is 0 Å². The van der Waals surface area contributed by atoms with Crippen molar-refractivity contribution in [2.24, 2.45) is 40.4 Å². The first-order chi connectivity index (χ1) is 10.8. The molecule has 0 amide bonds. The minimum absolute atomic E-state index is 0.00105. The number of hydrogen-bond acceptors (Lipinski definition) is 3. The van der Waals surface area contributed by atoms with Crippen LogP contribution < -0.4 is 0 Å². The molecule has 0 aromatic carbocycles. The Morgan fingerprint density at radius 2 is 1.52 bits per heavy atom. The third-order valence-electron chi connectivity index (χ3n) is 8.93. The van der Waals surface area contributed by atoms with E-state index in [0.29, 0.717) is 29.6 Å². The first-order valence-electron chi connectivity index (χ1n) is 9.81. The summed E-state index contributed by atoms with van der Waals surface area (Å²) < 4.78 is 0. The predicted molar refractivity (Wildman–Crippen MR) is 89.7 cm³/mol. The molecule has 10 atom stereocenters. The second-order valence-corrected chi connectivity index (χ2v) is 9.93. The molecule has 0 bridgehead atoms. The zero-order valence-electron chi connectivity index (χ0n) is 14.9. The lowest BCUT2D eigenvalue weighted by molar-refractivity contribution is -0.177. The van der Waals surface area contributed by atoms with Crippen molar-refractivity contribution < 1.29 is 15.3 Å². The van der Waals surface area contributed by atoms with E-state index in [9.17, 15) is 15.3 Å². The maximum atomic E-state index is 11.0. The first-order valence-corrected chi connectivity index (χ1v) is 9.81. The molecular formula is C20H34O3. The molecule has 3 heteroatoms. The molecular weight excluding hydrogens is 288 g/mol. The second kappa shape index (κ2) is 5.19. The molecule has 4 saturated carbocycles. The minimum Gasteiger partial charge on any atom is -0.393 e. The molecule has 3 N–H and O–H groups in total. The van der Waals surface area contributed by atoms with Crippen molar-refractivity contribution in [3.63, 3.8) is 0 Å². The summed E-state index contributed by atoms with van der Waals surface area (Å²) in [5.41, 5.74) is 0.278. The lowest BCUT2D eigenvalue weighted by atomic mass is 9.44. The Balaban J connectivity index is 1.68. The van der Waals surface area contributed by atoms with Crippen molar-refractivity contribution >= 4 is 0 Å². The molecule has 3 unspecified atom stereocenters. The van der Waals surface area contributed by atoms with Crippen LogP contribution in [0.4, 0.5) is 0 Å². The Kier molecular flexibility index (Phi) is 3.69. The maximum Gasteiger partial charge on any atom is 0.0622 e. The highest BCUT2D eigenvalue weighted by molar-refractivity contribution is 5.12. The zero-order chi connectivity index (χ0) is 16.6. The fraction of sp³-hybridized carbons (Fsp3) is 1.00. The van der Waals surface area contributed by atoms with Crippen molar-refractivity contribution in [2.45, 2.75) is 84.0 Å². The topological polar surface area (TPSA) is 60.7 Å². The van der Waals surface area contributed by atoms with Crippen LogP contribution in [0.25, 0.3) is 0 Å². The predicted octanol–water partition coefficient (Wildman–Crippen LogP) is 2.97. The molecule has 4 rings (SSSR count). The molecule has 0 radical (unpaired) electrons. The number of aliphatic hydroxyl groups is 3. The molecule has 0 aliphatic heterocycles. The van der Waals surface area contributed by atoms with E-state index in [2.05, 4.69) is 20.8 Å². The number of fused-ring (bicyclic) bond motifs is 5. The summed E-state index contributed by atoms with van der Waals surface area (Å²) in [6, 6.07) is 0. The Morgan fingerprint density at radius 1 is 0.826 bits per heavy atom. The normalized spacial score (nSPS) is 62.3. The molecule has 3 nitrogen and oxygen atoms in total. The van der Waals surface area contributed by atoms with Gasteiger partial charge in [0.05, 0.1) is 18.3 Å². The van der Waals surface area contributed by atoms with Crippen LogP contribution in [-0.2, 0) is 0 Å². The van der Waals surface area contributed by atoms with Crippen LogP contribution in [0, 0.1) is 40.4 Å². The number of hydrogen-bond donors (Lipinski definition) is 3. The van der Waals surface area contributed by atoms with Crippen molar-refractivity contribution in [2.75, 3.05) is 0 Å². The van der Waals surface area contributed by atoms with E-state index in [0.717, 1.165) is 44.9 Å². The Hall–Kier alpha value is -0.120. The second-order valence-electron chi connectivity index (χ2n) is 9.93. The van der Waals surface area contributed by atoms with Gasteiger partial charge in [0.1, 0.15) is 0 Å². The quantitative estimate of drug-likeness (QED) is 0.642. The van der Waals surface area contributed by atoms with Gasteiger partial charge >= 0.3 is 0 Å². The molecule has 4 fully saturated rings. The molecule has 0 saturated heterocycles. The van der Waals surface area contributed by atoms with E-state index in [1.807, 2.05) is 0 Å². The zero-order valence-corrected chi connectivity index (χ0v) is 14.9. The average Bonchev–Trinajstić information content (AvgIpc) is 2.73. The van der Waals surface area contributed by atoms with Crippen molar-refractivity contribution in [1.82, 2.24) is 0 Å². The Labute approximate surface area is 140 Å². The van der Waals surface area contributed by atoms with Crippen LogP contribution in [0.5, 0.6) is 0 Å². The highest BCUT2D eigenvalue weighted by atomic mass is 16.3. The summed E-state index contributed by atoms with van der Waals surface area (Å²) in [5, 5.41) is 31.9. The minimum atomic E-state index is -0.245. The van der Waals surface area contributed by atoms with Crippen LogP contribution >= 0.6 is 0 Å². The molecule has 132 valence electrons. The lowest BCUT2D eigenvalue weighted by Gasteiger charge is -2.61. The summed E-state index contributed by atoms with van der Waals surface area (Å²) in [5.74, 6) is 2.21. The number of rotatable bonds is 0. The van der Waals surface area contributed by atoms with Gasteiger partial charge in [-0.25, -0.2) is 0 Å². The van der Waals surface area contributed by atoms with Gasteiger partial charge in [-0.2, -0.15) is 0 Å². The van der Waals surface area contributed by atoms with Gasteiger partial charge in [-0.15, -0.1) is 0 Å². The van der Waals surface area contributed by atoms with Crippen molar-refractivity contribution in [1.29, 1.82) is 0 Å². The highest BCUT2D eigenvalue weighted by Crippen LogP contribution is 2.66. The maximum absolute atomic E-state index is 11.0. The van der Waals surface area contributed by atoms with Crippen LogP contribution in [-0.4, -0.2) is 33.6 Å². The average molecular weight is 322 g/mol. The van der Waals surface area contributed by atoms with Gasteiger partial charge in [0.2, 0.25) is 0 Å². The van der Waals surface area contributed by atoms with E-state index in [1.165, 1.54) is 0 Å². The summed E-state index contributed by atoms with van der Waals surface area (Å²) >= 11 is 0. The SMILES string of the molecule is C[C@H]1CC2C3C(CC[C@]2(C)[C@H]1O)[C@@]1(C)CC[C@@H](O)C[C@H]1C[C@@H]3O.